The zero-order valence-corrected chi connectivity index (χ0v) is 11.4. The molecule has 1 saturated heterocycles. The predicted octanol–water partition coefficient (Wildman–Crippen LogP) is 0.501. The maximum atomic E-state index is 12.3. The summed E-state index contributed by atoms with van der Waals surface area (Å²) in [6.45, 7) is 1.97. The Morgan fingerprint density at radius 2 is 1.85 bits per heavy atom. The molecule has 6 nitrogen and oxygen atoms in total. The lowest BCUT2D eigenvalue weighted by Crippen LogP contribution is -2.56. The van der Waals surface area contributed by atoms with E-state index < -0.39 is 12.1 Å². The van der Waals surface area contributed by atoms with Crippen molar-refractivity contribution in [2.24, 2.45) is 0 Å². The van der Waals surface area contributed by atoms with Crippen molar-refractivity contribution in [1.82, 2.24) is 9.80 Å². The highest BCUT2D eigenvalue weighted by atomic mass is 16.5. The van der Waals surface area contributed by atoms with E-state index in [0.717, 1.165) is 0 Å². The number of hydrogen-bond acceptors (Lipinski definition) is 4. The van der Waals surface area contributed by atoms with E-state index in [1.54, 1.807) is 29.2 Å². The number of nitrogens with zero attached hydrogens (tertiary/aromatic N) is 2. The average Bonchev–Trinajstić information content (AvgIpc) is 2.48. The van der Waals surface area contributed by atoms with Gasteiger partial charge in [-0.15, -0.1) is 0 Å². The summed E-state index contributed by atoms with van der Waals surface area (Å²) >= 11 is 0. The number of carboxylic acid groups (broad SMARTS) is 1. The molecule has 0 spiro atoms. The normalized spacial score (nSPS) is 17.4. The molecule has 0 aromatic heterocycles. The second-order valence-corrected chi connectivity index (χ2v) is 4.64. The van der Waals surface area contributed by atoms with Crippen LogP contribution in [0.3, 0.4) is 0 Å². The van der Waals surface area contributed by atoms with Crippen LogP contribution in [-0.4, -0.2) is 66.3 Å². The minimum atomic E-state index is -1.03. The van der Waals surface area contributed by atoms with Crippen molar-refractivity contribution < 1.29 is 19.4 Å². The first-order valence-electron chi connectivity index (χ1n) is 6.48. The number of likely N-dealkylation sites (N-methyl/N-ethyl adjacent to an activating group) is 1. The topological polar surface area (TPSA) is 70.1 Å². The van der Waals surface area contributed by atoms with Crippen LogP contribution in [-0.2, 0) is 9.53 Å². The van der Waals surface area contributed by atoms with Gasteiger partial charge in [-0.3, -0.25) is 9.69 Å². The Morgan fingerprint density at radius 3 is 2.40 bits per heavy atom. The van der Waals surface area contributed by atoms with E-state index in [-0.39, 0.29) is 5.91 Å². The summed E-state index contributed by atoms with van der Waals surface area (Å²) in [4.78, 5) is 26.8. The van der Waals surface area contributed by atoms with E-state index in [2.05, 4.69) is 0 Å². The predicted molar refractivity (Wildman–Crippen MR) is 72.4 cm³/mol. The molecule has 0 radical (unpaired) electrons. The molecule has 1 atom stereocenters. The molecule has 1 N–H and O–H groups in total. The van der Waals surface area contributed by atoms with Crippen LogP contribution in [0, 0.1) is 0 Å². The lowest BCUT2D eigenvalue weighted by Gasteiger charge is -2.36. The van der Waals surface area contributed by atoms with E-state index in [9.17, 15) is 14.7 Å². The molecular formula is C14H18N2O4. The lowest BCUT2D eigenvalue weighted by atomic mass is 10.2. The SMILES string of the molecule is CN(C(=O)c1ccccc1)C(C(=O)O)N1CCOCC1. The highest BCUT2D eigenvalue weighted by Crippen LogP contribution is 2.12. The molecule has 1 unspecified atom stereocenters. The van der Waals surface area contributed by atoms with Gasteiger partial charge in [-0.2, -0.15) is 0 Å². The molecule has 1 aliphatic rings. The second kappa shape index (κ2) is 6.49. The Hall–Kier alpha value is -1.92. The molecule has 0 aliphatic carbocycles. The molecule has 1 heterocycles. The number of morpholine rings is 1. The monoisotopic (exact) mass is 278 g/mol. The van der Waals surface area contributed by atoms with Gasteiger partial charge in [0.2, 0.25) is 0 Å². The Balaban J connectivity index is 2.16. The first kappa shape index (κ1) is 14.5. The van der Waals surface area contributed by atoms with E-state index in [4.69, 9.17) is 4.74 Å². The van der Waals surface area contributed by atoms with Crippen molar-refractivity contribution in [3.8, 4) is 0 Å². The highest BCUT2D eigenvalue weighted by molar-refractivity contribution is 5.96. The van der Waals surface area contributed by atoms with Gasteiger partial charge in [0.05, 0.1) is 13.2 Å². The largest absolute Gasteiger partial charge is 0.479 e. The zero-order chi connectivity index (χ0) is 14.5. The van der Waals surface area contributed by atoms with Crippen LogP contribution in [0.5, 0.6) is 0 Å². The fraction of sp³-hybridized carbons (Fsp3) is 0.429. The van der Waals surface area contributed by atoms with Crippen molar-refractivity contribution in [3.63, 3.8) is 0 Å². The summed E-state index contributed by atoms with van der Waals surface area (Å²) < 4.78 is 5.22. The van der Waals surface area contributed by atoms with Gasteiger partial charge in [0.15, 0.2) is 6.17 Å². The molecule has 0 saturated carbocycles. The van der Waals surface area contributed by atoms with Crippen LogP contribution in [0.4, 0.5) is 0 Å². The smallest absolute Gasteiger partial charge is 0.341 e. The summed E-state index contributed by atoms with van der Waals surface area (Å²) in [6, 6.07) is 8.68. The van der Waals surface area contributed by atoms with Gasteiger partial charge < -0.3 is 14.7 Å². The van der Waals surface area contributed by atoms with Crippen LogP contribution in [0.1, 0.15) is 10.4 Å². The van der Waals surface area contributed by atoms with Crippen LogP contribution in [0.25, 0.3) is 0 Å². The molecule has 1 aromatic carbocycles. The van der Waals surface area contributed by atoms with E-state index >= 15 is 0 Å². The minimum absolute atomic E-state index is 0.301. The summed E-state index contributed by atoms with van der Waals surface area (Å²) in [7, 11) is 1.52. The Kier molecular flexibility index (Phi) is 4.70. The molecule has 1 fully saturated rings. The molecule has 1 aromatic rings. The van der Waals surface area contributed by atoms with Crippen molar-refractivity contribution in [2.75, 3.05) is 33.4 Å². The van der Waals surface area contributed by atoms with Gasteiger partial charge in [0, 0.05) is 25.7 Å². The highest BCUT2D eigenvalue weighted by Gasteiger charge is 2.33. The number of aliphatic carboxylic acids is 1. The molecule has 1 amide bonds. The number of rotatable bonds is 4. The van der Waals surface area contributed by atoms with Gasteiger partial charge in [0.25, 0.3) is 5.91 Å². The Morgan fingerprint density at radius 1 is 1.25 bits per heavy atom. The van der Waals surface area contributed by atoms with Crippen LogP contribution in [0.2, 0.25) is 0 Å². The molecule has 0 bridgehead atoms. The van der Waals surface area contributed by atoms with Gasteiger partial charge in [-0.05, 0) is 12.1 Å². The van der Waals surface area contributed by atoms with E-state index in [1.165, 1.54) is 11.9 Å². The molecular weight excluding hydrogens is 260 g/mol. The van der Waals surface area contributed by atoms with Crippen molar-refractivity contribution >= 4 is 11.9 Å². The van der Waals surface area contributed by atoms with Gasteiger partial charge in [-0.1, -0.05) is 18.2 Å². The molecule has 6 heteroatoms. The molecule has 20 heavy (non-hydrogen) atoms. The molecule has 1 aliphatic heterocycles. The van der Waals surface area contributed by atoms with Gasteiger partial charge in [-0.25, -0.2) is 4.79 Å². The number of carbonyl (C=O) groups excluding carboxylic acids is 1. The maximum absolute atomic E-state index is 12.3. The average molecular weight is 278 g/mol. The number of benzene rings is 1. The second-order valence-electron chi connectivity index (χ2n) is 4.64. The van der Waals surface area contributed by atoms with E-state index in [1.807, 2.05) is 6.07 Å². The van der Waals surface area contributed by atoms with Crippen LogP contribution < -0.4 is 0 Å². The molecule has 2 rings (SSSR count). The Labute approximate surface area is 117 Å². The maximum Gasteiger partial charge on any atom is 0.341 e. The van der Waals surface area contributed by atoms with Crippen molar-refractivity contribution in [1.29, 1.82) is 0 Å². The lowest BCUT2D eigenvalue weighted by molar-refractivity contribution is -0.151. The van der Waals surface area contributed by atoms with Crippen LogP contribution in [0.15, 0.2) is 30.3 Å². The fourth-order valence-electron chi connectivity index (χ4n) is 2.28. The molecule has 108 valence electrons. The summed E-state index contributed by atoms with van der Waals surface area (Å²) in [5.41, 5.74) is 0.481. The number of hydrogen-bond donors (Lipinski definition) is 1. The first-order chi connectivity index (χ1) is 9.61. The fourth-order valence-corrected chi connectivity index (χ4v) is 2.28. The van der Waals surface area contributed by atoms with Gasteiger partial charge >= 0.3 is 5.97 Å². The number of ether oxygens (including phenoxy) is 1. The number of amides is 1. The zero-order valence-electron chi connectivity index (χ0n) is 11.4. The number of carbonyl (C=O) groups is 2. The Bertz CT molecular complexity index is 471. The standard InChI is InChI=1S/C14H18N2O4/c1-15(13(17)11-5-3-2-4-6-11)12(14(18)19)16-7-9-20-10-8-16/h2-6,12H,7-10H2,1H3,(H,18,19). The summed E-state index contributed by atoms with van der Waals surface area (Å²) in [5, 5.41) is 9.42. The van der Waals surface area contributed by atoms with Crippen molar-refractivity contribution in [3.05, 3.63) is 35.9 Å². The summed E-state index contributed by atoms with van der Waals surface area (Å²) in [5.74, 6) is -1.33. The number of carboxylic acids is 1. The third kappa shape index (κ3) is 3.15. The van der Waals surface area contributed by atoms with Crippen molar-refractivity contribution in [2.45, 2.75) is 6.17 Å². The third-order valence-corrected chi connectivity index (χ3v) is 3.32. The first-order valence-corrected chi connectivity index (χ1v) is 6.48. The van der Waals surface area contributed by atoms with Gasteiger partial charge in [0.1, 0.15) is 0 Å². The quantitative estimate of drug-likeness (QED) is 0.868. The summed E-state index contributed by atoms with van der Waals surface area (Å²) in [6.07, 6.45) is -0.966. The minimum Gasteiger partial charge on any atom is -0.479 e. The van der Waals surface area contributed by atoms with Crippen LogP contribution >= 0.6 is 0 Å². The third-order valence-electron chi connectivity index (χ3n) is 3.32. The van der Waals surface area contributed by atoms with E-state index in [0.29, 0.717) is 31.9 Å².